The van der Waals surface area contributed by atoms with Crippen LogP contribution in [0.5, 0.6) is 0 Å². The zero-order valence-electron chi connectivity index (χ0n) is 17.7. The molecular formula is C24H24N4O3S. The van der Waals surface area contributed by atoms with E-state index in [4.69, 9.17) is 0 Å². The summed E-state index contributed by atoms with van der Waals surface area (Å²) in [7, 11) is -3.28. The van der Waals surface area contributed by atoms with Crippen LogP contribution in [0.3, 0.4) is 0 Å². The number of urea groups is 1. The molecule has 0 saturated heterocycles. The minimum atomic E-state index is -3.28. The Bertz CT molecular complexity index is 1270. The predicted octanol–water partition coefficient (Wildman–Crippen LogP) is 3.98. The van der Waals surface area contributed by atoms with Crippen molar-refractivity contribution in [2.45, 2.75) is 24.3 Å². The van der Waals surface area contributed by atoms with E-state index in [9.17, 15) is 13.2 Å². The Kier molecular flexibility index (Phi) is 6.23. The maximum atomic E-state index is 12.3. The van der Waals surface area contributed by atoms with Crippen molar-refractivity contribution in [1.82, 2.24) is 20.4 Å². The van der Waals surface area contributed by atoms with E-state index in [1.54, 1.807) is 28.9 Å². The number of aromatic nitrogens is 2. The molecule has 0 radical (unpaired) electrons. The SMILES string of the molecule is CS(=O)(=O)c1ccc(-n2nc(CNC(=O)NC3=CC=CCC3)cc2-c2ccccc2)cc1. The van der Waals surface area contributed by atoms with Crippen molar-refractivity contribution < 1.29 is 13.2 Å². The van der Waals surface area contributed by atoms with Gasteiger partial charge < -0.3 is 10.6 Å². The number of hydrogen-bond donors (Lipinski definition) is 2. The van der Waals surface area contributed by atoms with E-state index < -0.39 is 9.84 Å². The number of nitrogens with zero attached hydrogens (tertiary/aromatic N) is 2. The summed E-state index contributed by atoms with van der Waals surface area (Å²) in [5.74, 6) is 0. The number of hydrogen-bond acceptors (Lipinski definition) is 4. The minimum absolute atomic E-state index is 0.250. The smallest absolute Gasteiger partial charge is 0.319 e. The maximum absolute atomic E-state index is 12.3. The zero-order valence-corrected chi connectivity index (χ0v) is 18.5. The number of benzene rings is 2. The van der Waals surface area contributed by atoms with E-state index in [1.807, 2.05) is 48.6 Å². The molecule has 2 amide bonds. The van der Waals surface area contributed by atoms with Crippen LogP contribution in [-0.2, 0) is 16.4 Å². The highest BCUT2D eigenvalue weighted by molar-refractivity contribution is 7.90. The molecule has 32 heavy (non-hydrogen) atoms. The molecule has 164 valence electrons. The second-order valence-electron chi connectivity index (χ2n) is 7.53. The number of sulfone groups is 1. The molecule has 2 N–H and O–H groups in total. The summed E-state index contributed by atoms with van der Waals surface area (Å²) in [5.41, 5.74) is 4.10. The molecule has 1 aliphatic rings. The van der Waals surface area contributed by atoms with Crippen molar-refractivity contribution >= 4 is 15.9 Å². The topological polar surface area (TPSA) is 93.1 Å². The molecule has 1 aliphatic carbocycles. The third kappa shape index (κ3) is 5.15. The van der Waals surface area contributed by atoms with Crippen molar-refractivity contribution in [1.29, 1.82) is 0 Å². The van der Waals surface area contributed by atoms with Crippen molar-refractivity contribution in [3.8, 4) is 16.9 Å². The summed E-state index contributed by atoms with van der Waals surface area (Å²) in [6.07, 6.45) is 8.78. The number of nitrogens with one attached hydrogen (secondary N) is 2. The Morgan fingerprint density at radius 1 is 1.09 bits per heavy atom. The zero-order chi connectivity index (χ0) is 22.6. The van der Waals surface area contributed by atoms with Gasteiger partial charge in [-0.15, -0.1) is 0 Å². The van der Waals surface area contributed by atoms with E-state index in [-0.39, 0.29) is 17.5 Å². The van der Waals surface area contributed by atoms with Gasteiger partial charge in [0.25, 0.3) is 0 Å². The molecule has 8 heteroatoms. The molecule has 0 saturated carbocycles. The quantitative estimate of drug-likeness (QED) is 0.597. The number of carbonyl (C=O) groups excluding carboxylic acids is 1. The molecule has 0 fully saturated rings. The van der Waals surface area contributed by atoms with Crippen LogP contribution in [0.25, 0.3) is 16.9 Å². The highest BCUT2D eigenvalue weighted by Gasteiger charge is 2.14. The summed E-state index contributed by atoms with van der Waals surface area (Å²) >= 11 is 0. The molecule has 1 aromatic heterocycles. The molecule has 0 unspecified atom stereocenters. The molecule has 4 rings (SSSR count). The molecule has 3 aromatic rings. The van der Waals surface area contributed by atoms with Crippen LogP contribution in [0, 0.1) is 0 Å². The average molecular weight is 449 g/mol. The van der Waals surface area contributed by atoms with Gasteiger partial charge in [0.05, 0.1) is 28.5 Å². The third-order valence-electron chi connectivity index (χ3n) is 5.06. The number of allylic oxidation sites excluding steroid dienone is 4. The van der Waals surface area contributed by atoms with Gasteiger partial charge in [-0.05, 0) is 49.2 Å². The Balaban J connectivity index is 1.58. The van der Waals surface area contributed by atoms with Crippen LogP contribution >= 0.6 is 0 Å². The van der Waals surface area contributed by atoms with E-state index in [1.165, 1.54) is 6.26 Å². The molecule has 2 aromatic carbocycles. The van der Waals surface area contributed by atoms with E-state index in [0.29, 0.717) is 5.69 Å². The lowest BCUT2D eigenvalue weighted by Gasteiger charge is -2.11. The third-order valence-corrected chi connectivity index (χ3v) is 6.19. The molecule has 0 aliphatic heterocycles. The summed E-state index contributed by atoms with van der Waals surface area (Å²) in [6, 6.07) is 18.0. The normalized spacial score (nSPS) is 13.5. The highest BCUT2D eigenvalue weighted by atomic mass is 32.2. The predicted molar refractivity (Wildman–Crippen MR) is 124 cm³/mol. The van der Waals surface area contributed by atoms with Gasteiger partial charge >= 0.3 is 6.03 Å². The summed E-state index contributed by atoms with van der Waals surface area (Å²) in [4.78, 5) is 12.5. The van der Waals surface area contributed by atoms with Crippen molar-refractivity contribution in [2.75, 3.05) is 6.26 Å². The first kappa shape index (κ1) is 21.6. The molecule has 1 heterocycles. The first-order valence-electron chi connectivity index (χ1n) is 10.3. The lowest BCUT2D eigenvalue weighted by atomic mass is 10.1. The van der Waals surface area contributed by atoms with Gasteiger partial charge in [-0.25, -0.2) is 17.9 Å². The summed E-state index contributed by atoms with van der Waals surface area (Å²) < 4.78 is 25.3. The number of rotatable bonds is 6. The Hall–Kier alpha value is -3.65. The fraction of sp³-hybridized carbons (Fsp3) is 0.167. The van der Waals surface area contributed by atoms with Gasteiger partial charge in [0, 0.05) is 17.5 Å². The minimum Gasteiger partial charge on any atom is -0.332 e. The lowest BCUT2D eigenvalue weighted by molar-refractivity contribution is 0.242. The fourth-order valence-corrected chi connectivity index (χ4v) is 4.06. The second kappa shape index (κ2) is 9.23. The van der Waals surface area contributed by atoms with Gasteiger partial charge in [0.15, 0.2) is 9.84 Å². The summed E-state index contributed by atoms with van der Waals surface area (Å²) in [5, 5.41) is 10.4. The van der Waals surface area contributed by atoms with Crippen LogP contribution < -0.4 is 10.6 Å². The molecule has 0 bridgehead atoms. The largest absolute Gasteiger partial charge is 0.332 e. The first-order valence-corrected chi connectivity index (χ1v) is 12.1. The Morgan fingerprint density at radius 3 is 2.50 bits per heavy atom. The average Bonchev–Trinajstić information content (AvgIpc) is 3.23. The number of amides is 2. The second-order valence-corrected chi connectivity index (χ2v) is 9.55. The summed E-state index contributed by atoms with van der Waals surface area (Å²) in [6.45, 7) is 0.253. The van der Waals surface area contributed by atoms with E-state index >= 15 is 0 Å². The van der Waals surface area contributed by atoms with Crippen LogP contribution in [0.2, 0.25) is 0 Å². The highest BCUT2D eigenvalue weighted by Crippen LogP contribution is 2.25. The van der Waals surface area contributed by atoms with Crippen LogP contribution in [-0.4, -0.2) is 30.5 Å². The van der Waals surface area contributed by atoms with Crippen LogP contribution in [0.1, 0.15) is 18.5 Å². The molecule has 0 spiro atoms. The molecular weight excluding hydrogens is 424 g/mol. The Labute approximate surface area is 187 Å². The molecule has 7 nitrogen and oxygen atoms in total. The standard InChI is InChI=1S/C24H24N4O3S/c1-32(30,31)22-14-12-21(13-15-22)28-23(18-8-4-2-5-9-18)16-20(27-28)17-25-24(29)26-19-10-6-3-7-11-19/h2-6,8-10,12-16H,7,11,17H2,1H3,(H2,25,26,29). The van der Waals surface area contributed by atoms with Crippen molar-refractivity contribution in [3.05, 3.63) is 90.3 Å². The van der Waals surface area contributed by atoms with E-state index in [0.717, 1.165) is 35.5 Å². The van der Waals surface area contributed by atoms with Gasteiger partial charge in [-0.1, -0.05) is 42.5 Å². The van der Waals surface area contributed by atoms with Crippen molar-refractivity contribution in [2.24, 2.45) is 0 Å². The van der Waals surface area contributed by atoms with Crippen molar-refractivity contribution in [3.63, 3.8) is 0 Å². The van der Waals surface area contributed by atoms with Gasteiger partial charge in [-0.3, -0.25) is 0 Å². The van der Waals surface area contributed by atoms with Gasteiger partial charge in [-0.2, -0.15) is 5.10 Å². The lowest BCUT2D eigenvalue weighted by Crippen LogP contribution is -2.34. The fourth-order valence-electron chi connectivity index (χ4n) is 3.43. The number of carbonyl (C=O) groups is 1. The van der Waals surface area contributed by atoms with Crippen LogP contribution in [0.15, 0.2) is 89.5 Å². The monoisotopic (exact) mass is 448 g/mol. The maximum Gasteiger partial charge on any atom is 0.319 e. The van der Waals surface area contributed by atoms with Crippen LogP contribution in [0.4, 0.5) is 4.79 Å². The Morgan fingerprint density at radius 2 is 1.84 bits per heavy atom. The van der Waals surface area contributed by atoms with Gasteiger partial charge in [0.2, 0.25) is 0 Å². The van der Waals surface area contributed by atoms with E-state index in [2.05, 4.69) is 21.8 Å². The first-order chi connectivity index (χ1) is 15.4. The van der Waals surface area contributed by atoms with Gasteiger partial charge in [0.1, 0.15) is 0 Å². The molecule has 0 atom stereocenters.